The molecule has 0 aromatic heterocycles. The van der Waals surface area contributed by atoms with Gasteiger partial charge < -0.3 is 4.90 Å². The first kappa shape index (κ1) is 12.8. The topological polar surface area (TPSA) is 3.24 Å². The molecule has 1 aromatic rings. The summed E-state index contributed by atoms with van der Waals surface area (Å²) >= 11 is 0. The fourth-order valence-corrected chi connectivity index (χ4v) is 2.04. The smallest absolute Gasteiger partial charge is 0.0423 e. The highest BCUT2D eigenvalue weighted by atomic mass is 15.1. The Kier molecular flexibility index (Phi) is 5.10. The summed E-state index contributed by atoms with van der Waals surface area (Å²) in [7, 11) is 4.25. The molecule has 0 aliphatic rings. The molecule has 0 heterocycles. The van der Waals surface area contributed by atoms with Crippen molar-refractivity contribution in [2.75, 3.05) is 14.1 Å². The van der Waals surface area contributed by atoms with E-state index in [1.165, 1.54) is 36.1 Å². The lowest BCUT2D eigenvalue weighted by molar-refractivity contribution is 0.582. The molecule has 0 unspecified atom stereocenters. The number of hydrogen-bond donors (Lipinski definition) is 0. The Labute approximate surface area is 99.8 Å². The minimum atomic E-state index is 1.19. The number of hydrogen-bond acceptors (Lipinski definition) is 1. The Morgan fingerprint density at radius 1 is 1.12 bits per heavy atom. The second kappa shape index (κ2) is 6.37. The van der Waals surface area contributed by atoms with E-state index in [4.69, 9.17) is 0 Å². The second-order valence-electron chi connectivity index (χ2n) is 4.49. The van der Waals surface area contributed by atoms with Crippen molar-refractivity contribution < 1.29 is 0 Å². The minimum absolute atomic E-state index is 1.19. The third-order valence-corrected chi connectivity index (χ3v) is 2.80. The molecule has 1 aromatic carbocycles. The van der Waals surface area contributed by atoms with Gasteiger partial charge in [-0.25, -0.2) is 0 Å². The first-order valence-corrected chi connectivity index (χ1v) is 6.09. The lowest BCUT2D eigenvalue weighted by Gasteiger charge is -2.21. The fraction of sp³-hybridized carbons (Fsp3) is 0.467. The van der Waals surface area contributed by atoms with E-state index in [9.17, 15) is 0 Å². The average molecular weight is 217 g/mol. The third-order valence-electron chi connectivity index (χ3n) is 2.80. The number of allylic oxidation sites excluding steroid dienone is 1. The maximum Gasteiger partial charge on any atom is 0.0423 e. The van der Waals surface area contributed by atoms with Gasteiger partial charge >= 0.3 is 0 Å². The summed E-state index contributed by atoms with van der Waals surface area (Å²) in [6.07, 6.45) is 3.72. The molecule has 0 saturated carbocycles. The largest absolute Gasteiger partial charge is 0.377 e. The maximum absolute atomic E-state index is 2.25. The van der Waals surface area contributed by atoms with Gasteiger partial charge in [-0.15, -0.1) is 0 Å². The van der Waals surface area contributed by atoms with E-state index in [1.54, 1.807) is 0 Å². The number of unbranched alkanes of at least 4 members (excludes halogenated alkanes) is 1. The molecule has 16 heavy (non-hydrogen) atoms. The van der Waals surface area contributed by atoms with Crippen LogP contribution in [0.4, 0.5) is 0 Å². The zero-order chi connectivity index (χ0) is 12.0. The minimum Gasteiger partial charge on any atom is -0.377 e. The van der Waals surface area contributed by atoms with Gasteiger partial charge in [-0.1, -0.05) is 43.7 Å². The van der Waals surface area contributed by atoms with Crippen molar-refractivity contribution in [2.45, 2.75) is 33.1 Å². The van der Waals surface area contributed by atoms with E-state index in [0.717, 1.165) is 0 Å². The predicted octanol–water partition coefficient (Wildman–Crippen LogP) is 4.17. The van der Waals surface area contributed by atoms with Crippen molar-refractivity contribution in [1.29, 1.82) is 0 Å². The zero-order valence-corrected chi connectivity index (χ0v) is 11.0. The Morgan fingerprint density at radius 2 is 1.75 bits per heavy atom. The van der Waals surface area contributed by atoms with Crippen molar-refractivity contribution in [3.05, 3.63) is 41.5 Å². The first-order chi connectivity index (χ1) is 7.66. The molecule has 0 bridgehead atoms. The van der Waals surface area contributed by atoms with Gasteiger partial charge in [0.15, 0.2) is 0 Å². The van der Waals surface area contributed by atoms with E-state index < -0.39 is 0 Å². The van der Waals surface area contributed by atoms with Crippen LogP contribution in [-0.2, 0) is 0 Å². The molecule has 1 nitrogen and oxygen atoms in total. The average Bonchev–Trinajstić information content (AvgIpc) is 2.27. The summed E-state index contributed by atoms with van der Waals surface area (Å²) in [6.45, 7) is 4.49. The normalized spacial score (nSPS) is 12.2. The number of nitrogens with zero attached hydrogens (tertiary/aromatic N) is 1. The van der Waals surface area contributed by atoms with Gasteiger partial charge in [0.2, 0.25) is 0 Å². The van der Waals surface area contributed by atoms with Crippen LogP contribution in [-0.4, -0.2) is 19.0 Å². The highest BCUT2D eigenvalue weighted by Gasteiger charge is 2.07. The maximum atomic E-state index is 2.25. The van der Waals surface area contributed by atoms with Crippen molar-refractivity contribution in [2.24, 2.45) is 0 Å². The Bertz CT molecular complexity index is 336. The van der Waals surface area contributed by atoms with E-state index in [-0.39, 0.29) is 0 Å². The fourth-order valence-electron chi connectivity index (χ4n) is 2.04. The van der Waals surface area contributed by atoms with E-state index >= 15 is 0 Å². The van der Waals surface area contributed by atoms with Crippen molar-refractivity contribution in [3.8, 4) is 0 Å². The van der Waals surface area contributed by atoms with Crippen LogP contribution >= 0.6 is 0 Å². The highest BCUT2D eigenvalue weighted by molar-refractivity contribution is 5.66. The molecule has 88 valence electrons. The van der Waals surface area contributed by atoms with Gasteiger partial charge in [0, 0.05) is 19.8 Å². The van der Waals surface area contributed by atoms with Crippen LogP contribution in [0.15, 0.2) is 35.9 Å². The van der Waals surface area contributed by atoms with Crippen LogP contribution in [0.25, 0.3) is 5.70 Å². The van der Waals surface area contributed by atoms with E-state index in [1.807, 2.05) is 0 Å². The standard InChI is InChI=1S/C15H23N/c1-5-6-10-13(2)15(16(3)4)14-11-8-7-9-12-14/h7-9,11-12H,5-6,10H2,1-4H3/b15-13+. The molecule has 0 fully saturated rings. The Morgan fingerprint density at radius 3 is 2.25 bits per heavy atom. The number of rotatable bonds is 5. The van der Waals surface area contributed by atoms with E-state index in [2.05, 4.69) is 63.2 Å². The monoisotopic (exact) mass is 217 g/mol. The van der Waals surface area contributed by atoms with Gasteiger partial charge in [0.25, 0.3) is 0 Å². The summed E-state index contributed by atoms with van der Waals surface area (Å²) in [6, 6.07) is 10.6. The van der Waals surface area contributed by atoms with Crippen LogP contribution in [0.3, 0.4) is 0 Å². The molecule has 0 saturated heterocycles. The van der Waals surface area contributed by atoms with Crippen molar-refractivity contribution in [1.82, 2.24) is 4.90 Å². The molecular formula is C15H23N. The molecule has 1 rings (SSSR count). The number of benzene rings is 1. The molecule has 0 aliphatic heterocycles. The van der Waals surface area contributed by atoms with Crippen LogP contribution in [0.1, 0.15) is 38.7 Å². The van der Waals surface area contributed by atoms with Crippen LogP contribution in [0.5, 0.6) is 0 Å². The summed E-state index contributed by atoms with van der Waals surface area (Å²) in [5.41, 5.74) is 4.17. The molecule has 0 radical (unpaired) electrons. The molecule has 0 spiro atoms. The summed E-state index contributed by atoms with van der Waals surface area (Å²) in [4.78, 5) is 2.22. The van der Waals surface area contributed by atoms with E-state index in [0.29, 0.717) is 0 Å². The lowest BCUT2D eigenvalue weighted by Crippen LogP contribution is -2.12. The van der Waals surface area contributed by atoms with Crippen LogP contribution < -0.4 is 0 Å². The highest BCUT2D eigenvalue weighted by Crippen LogP contribution is 2.23. The molecule has 0 atom stereocenters. The van der Waals surface area contributed by atoms with Gasteiger partial charge in [-0.05, 0) is 30.9 Å². The van der Waals surface area contributed by atoms with Crippen molar-refractivity contribution in [3.63, 3.8) is 0 Å². The SMILES string of the molecule is CCCC/C(C)=C(\c1ccccc1)N(C)C. The van der Waals surface area contributed by atoms with Gasteiger partial charge in [0.05, 0.1) is 0 Å². The van der Waals surface area contributed by atoms with Crippen LogP contribution in [0, 0.1) is 0 Å². The van der Waals surface area contributed by atoms with Gasteiger partial charge in [0.1, 0.15) is 0 Å². The summed E-state index contributed by atoms with van der Waals surface area (Å²) < 4.78 is 0. The zero-order valence-electron chi connectivity index (χ0n) is 11.0. The lowest BCUT2D eigenvalue weighted by atomic mass is 10.0. The summed E-state index contributed by atoms with van der Waals surface area (Å²) in [5.74, 6) is 0. The van der Waals surface area contributed by atoms with Crippen molar-refractivity contribution >= 4 is 5.70 Å². The Hall–Kier alpha value is -1.24. The molecule has 0 aliphatic carbocycles. The first-order valence-electron chi connectivity index (χ1n) is 6.09. The molecule has 1 heteroatoms. The molecule has 0 N–H and O–H groups in total. The third kappa shape index (κ3) is 3.41. The van der Waals surface area contributed by atoms with Gasteiger partial charge in [-0.3, -0.25) is 0 Å². The van der Waals surface area contributed by atoms with Crippen LogP contribution in [0.2, 0.25) is 0 Å². The van der Waals surface area contributed by atoms with Gasteiger partial charge in [-0.2, -0.15) is 0 Å². The molecular weight excluding hydrogens is 194 g/mol. The predicted molar refractivity (Wildman–Crippen MR) is 72.2 cm³/mol. The Balaban J connectivity index is 2.99. The second-order valence-corrected chi connectivity index (χ2v) is 4.49. The quantitative estimate of drug-likeness (QED) is 0.715. The summed E-state index contributed by atoms with van der Waals surface area (Å²) in [5, 5.41) is 0. The molecule has 0 amide bonds.